The highest BCUT2D eigenvalue weighted by molar-refractivity contribution is 6.31. The number of hydrogen-bond donors (Lipinski definition) is 3. The molecule has 0 spiro atoms. The lowest BCUT2D eigenvalue weighted by Gasteiger charge is -2.37. The van der Waals surface area contributed by atoms with Crippen molar-refractivity contribution in [1.29, 1.82) is 0 Å². The Balaban J connectivity index is 1.29. The van der Waals surface area contributed by atoms with Gasteiger partial charge < -0.3 is 16.0 Å². The molecule has 10 heteroatoms. The summed E-state index contributed by atoms with van der Waals surface area (Å²) in [6.45, 7) is 1.21. The third kappa shape index (κ3) is 5.71. The third-order valence-corrected chi connectivity index (χ3v) is 6.54. The van der Waals surface area contributed by atoms with Gasteiger partial charge >= 0.3 is 0 Å². The SMILES string of the molecule is O=C(CC[C@@H]1CNC(=O)[C@@H]2C[C@H](NC(=O)c3ccc(F)c(Cl)c3)CN12)NCc1ccc(F)cc1. The topological polar surface area (TPSA) is 90.5 Å². The van der Waals surface area contributed by atoms with E-state index in [1.165, 1.54) is 24.3 Å². The highest BCUT2D eigenvalue weighted by atomic mass is 35.5. The molecule has 0 radical (unpaired) electrons. The maximum absolute atomic E-state index is 13.4. The molecule has 2 heterocycles. The third-order valence-electron chi connectivity index (χ3n) is 6.25. The molecule has 3 N–H and O–H groups in total. The Morgan fingerprint density at radius 2 is 1.91 bits per heavy atom. The second-order valence-corrected chi connectivity index (χ2v) is 9.00. The molecule has 0 aliphatic carbocycles. The molecule has 34 heavy (non-hydrogen) atoms. The fourth-order valence-corrected chi connectivity index (χ4v) is 4.62. The monoisotopic (exact) mass is 490 g/mol. The first kappa shape index (κ1) is 24.1. The van der Waals surface area contributed by atoms with Crippen molar-refractivity contribution in [2.45, 2.75) is 43.9 Å². The Morgan fingerprint density at radius 1 is 1.15 bits per heavy atom. The molecule has 3 amide bonds. The number of hydrogen-bond acceptors (Lipinski definition) is 4. The minimum Gasteiger partial charge on any atom is -0.353 e. The van der Waals surface area contributed by atoms with E-state index in [4.69, 9.17) is 11.6 Å². The van der Waals surface area contributed by atoms with Crippen molar-refractivity contribution in [2.75, 3.05) is 13.1 Å². The van der Waals surface area contributed by atoms with Crippen molar-refractivity contribution in [1.82, 2.24) is 20.9 Å². The number of fused-ring (bicyclic) bond motifs is 1. The second-order valence-electron chi connectivity index (χ2n) is 8.59. The summed E-state index contributed by atoms with van der Waals surface area (Å²) in [6, 6.07) is 9.02. The van der Waals surface area contributed by atoms with Crippen molar-refractivity contribution in [3.05, 3.63) is 70.2 Å². The summed E-state index contributed by atoms with van der Waals surface area (Å²) < 4.78 is 26.4. The van der Waals surface area contributed by atoms with E-state index in [-0.39, 0.29) is 58.7 Å². The normalized spacial score (nSPS) is 22.1. The van der Waals surface area contributed by atoms with Gasteiger partial charge in [0.25, 0.3) is 5.91 Å². The number of rotatable bonds is 7. The van der Waals surface area contributed by atoms with Gasteiger partial charge in [0.2, 0.25) is 11.8 Å². The van der Waals surface area contributed by atoms with E-state index in [9.17, 15) is 23.2 Å². The summed E-state index contributed by atoms with van der Waals surface area (Å²) in [5.41, 5.74) is 1.05. The van der Waals surface area contributed by atoms with Crippen molar-refractivity contribution in [2.24, 2.45) is 0 Å². The number of amides is 3. The highest BCUT2D eigenvalue weighted by Crippen LogP contribution is 2.26. The summed E-state index contributed by atoms with van der Waals surface area (Å²) >= 11 is 5.77. The van der Waals surface area contributed by atoms with E-state index in [0.717, 1.165) is 11.6 Å². The lowest BCUT2D eigenvalue weighted by molar-refractivity contribution is -0.129. The molecule has 2 aliphatic heterocycles. The first-order chi connectivity index (χ1) is 16.3. The second kappa shape index (κ2) is 10.5. The zero-order valence-corrected chi connectivity index (χ0v) is 19.1. The molecule has 2 aromatic carbocycles. The van der Waals surface area contributed by atoms with Crippen LogP contribution in [0.3, 0.4) is 0 Å². The van der Waals surface area contributed by atoms with Crippen molar-refractivity contribution >= 4 is 29.3 Å². The van der Waals surface area contributed by atoms with E-state index < -0.39 is 5.82 Å². The maximum Gasteiger partial charge on any atom is 0.251 e. The summed E-state index contributed by atoms with van der Waals surface area (Å²) in [5, 5.41) is 8.48. The molecule has 2 aliphatic rings. The van der Waals surface area contributed by atoms with E-state index in [1.54, 1.807) is 12.1 Å². The number of nitrogens with one attached hydrogen (secondary N) is 3. The predicted octanol–water partition coefficient (Wildman–Crippen LogP) is 2.39. The number of carbonyl (C=O) groups is 3. The fraction of sp³-hybridized carbons (Fsp3) is 0.375. The largest absolute Gasteiger partial charge is 0.353 e. The van der Waals surface area contributed by atoms with Gasteiger partial charge in [0.15, 0.2) is 0 Å². The average molecular weight is 491 g/mol. The van der Waals surface area contributed by atoms with Crippen LogP contribution in [-0.2, 0) is 16.1 Å². The van der Waals surface area contributed by atoms with Crippen LogP contribution in [0.25, 0.3) is 0 Å². The van der Waals surface area contributed by atoms with E-state index >= 15 is 0 Å². The Morgan fingerprint density at radius 3 is 2.65 bits per heavy atom. The zero-order chi connectivity index (χ0) is 24.2. The molecule has 2 saturated heterocycles. The zero-order valence-electron chi connectivity index (χ0n) is 18.3. The van der Waals surface area contributed by atoms with Gasteiger partial charge in [-0.2, -0.15) is 0 Å². The average Bonchev–Trinajstić information content (AvgIpc) is 3.24. The molecular formula is C24H25ClF2N4O3. The van der Waals surface area contributed by atoms with Gasteiger partial charge in [0, 0.05) is 43.7 Å². The van der Waals surface area contributed by atoms with Crippen LogP contribution in [0, 0.1) is 11.6 Å². The number of piperazine rings is 1. The van der Waals surface area contributed by atoms with Crippen molar-refractivity contribution in [3.63, 3.8) is 0 Å². The van der Waals surface area contributed by atoms with Crippen LogP contribution in [0.2, 0.25) is 5.02 Å². The minimum atomic E-state index is -0.600. The van der Waals surface area contributed by atoms with E-state index in [0.29, 0.717) is 32.5 Å². The quantitative estimate of drug-likeness (QED) is 0.556. The van der Waals surface area contributed by atoms with Gasteiger partial charge in [-0.25, -0.2) is 8.78 Å². The van der Waals surface area contributed by atoms with Gasteiger partial charge in [0.1, 0.15) is 11.6 Å². The summed E-state index contributed by atoms with van der Waals surface area (Å²) in [4.78, 5) is 39.3. The van der Waals surface area contributed by atoms with Crippen LogP contribution in [0.1, 0.15) is 35.2 Å². The molecule has 2 fully saturated rings. The number of nitrogens with zero attached hydrogens (tertiary/aromatic N) is 1. The van der Waals surface area contributed by atoms with Crippen molar-refractivity contribution < 1.29 is 23.2 Å². The maximum atomic E-state index is 13.4. The Hall–Kier alpha value is -3.04. The molecule has 0 unspecified atom stereocenters. The van der Waals surface area contributed by atoms with Gasteiger partial charge in [-0.15, -0.1) is 0 Å². The molecule has 0 saturated carbocycles. The van der Waals surface area contributed by atoms with Crippen LogP contribution in [0.15, 0.2) is 42.5 Å². The number of halogens is 3. The van der Waals surface area contributed by atoms with Crippen LogP contribution < -0.4 is 16.0 Å². The standard InChI is InChI=1S/C24H25ClF2N4O3/c25-19-9-15(3-7-20(19)27)23(33)30-17-10-21-24(34)29-12-18(31(21)13-17)6-8-22(32)28-11-14-1-4-16(26)5-2-14/h1-5,7,9,17-18,21H,6,8,10-13H2,(H,28,32)(H,29,34)(H,30,33)/t17-,18+,21-/m0/s1. The smallest absolute Gasteiger partial charge is 0.251 e. The molecule has 0 aromatic heterocycles. The summed E-state index contributed by atoms with van der Waals surface area (Å²) in [7, 11) is 0. The lowest BCUT2D eigenvalue weighted by atomic mass is 10.0. The van der Waals surface area contributed by atoms with E-state index in [2.05, 4.69) is 16.0 Å². The van der Waals surface area contributed by atoms with Crippen LogP contribution >= 0.6 is 11.6 Å². The van der Waals surface area contributed by atoms with E-state index in [1.807, 2.05) is 4.90 Å². The van der Waals surface area contributed by atoms with Crippen LogP contribution in [-0.4, -0.2) is 53.8 Å². The van der Waals surface area contributed by atoms with Gasteiger partial charge in [-0.1, -0.05) is 23.7 Å². The predicted molar refractivity (Wildman–Crippen MR) is 122 cm³/mol. The molecular weight excluding hydrogens is 466 g/mol. The fourth-order valence-electron chi connectivity index (χ4n) is 4.44. The molecule has 4 rings (SSSR count). The molecule has 0 bridgehead atoms. The minimum absolute atomic E-state index is 0.0403. The highest BCUT2D eigenvalue weighted by Gasteiger charge is 2.43. The Bertz CT molecular complexity index is 1080. The molecule has 2 aromatic rings. The summed E-state index contributed by atoms with van der Waals surface area (Å²) in [6.07, 6.45) is 1.26. The number of carbonyl (C=O) groups excluding carboxylic acids is 3. The first-order valence-electron chi connectivity index (χ1n) is 11.1. The Kier molecular flexibility index (Phi) is 7.43. The molecule has 180 valence electrons. The first-order valence-corrected chi connectivity index (χ1v) is 11.5. The molecule has 3 atom stereocenters. The van der Waals surface area contributed by atoms with Crippen molar-refractivity contribution in [3.8, 4) is 0 Å². The van der Waals surface area contributed by atoms with Gasteiger partial charge in [-0.3, -0.25) is 19.3 Å². The van der Waals surface area contributed by atoms with Crippen LogP contribution in [0.5, 0.6) is 0 Å². The molecule has 7 nitrogen and oxygen atoms in total. The number of benzene rings is 2. The Labute approximate surface area is 200 Å². The van der Waals surface area contributed by atoms with Gasteiger partial charge in [-0.05, 0) is 48.7 Å². The summed E-state index contributed by atoms with van der Waals surface area (Å²) in [5.74, 6) is -1.54. The van der Waals surface area contributed by atoms with Crippen LogP contribution in [0.4, 0.5) is 8.78 Å². The van der Waals surface area contributed by atoms with Gasteiger partial charge in [0.05, 0.1) is 11.1 Å². The lowest BCUT2D eigenvalue weighted by Crippen LogP contribution is -2.58.